The predicted molar refractivity (Wildman–Crippen MR) is 124 cm³/mol. The highest BCUT2D eigenvalue weighted by molar-refractivity contribution is 6.11. The highest BCUT2D eigenvalue weighted by Gasteiger charge is 2.66. The van der Waals surface area contributed by atoms with Crippen LogP contribution >= 0.6 is 0 Å². The summed E-state index contributed by atoms with van der Waals surface area (Å²) in [6.07, 6.45) is -1.29. The molecule has 0 saturated carbocycles. The van der Waals surface area contributed by atoms with Crippen molar-refractivity contribution < 1.29 is 28.6 Å². The third-order valence-electron chi connectivity index (χ3n) is 5.61. The fourth-order valence-corrected chi connectivity index (χ4v) is 4.57. The second-order valence-electron chi connectivity index (χ2n) is 9.16. The number of ether oxygens (including phenoxy) is 3. The van der Waals surface area contributed by atoms with Gasteiger partial charge in [-0.1, -0.05) is 54.6 Å². The van der Waals surface area contributed by atoms with Gasteiger partial charge in [-0.05, 0) is 58.2 Å². The number of benzene rings is 2. The Morgan fingerprint density at radius 2 is 1.18 bits per heavy atom. The van der Waals surface area contributed by atoms with Gasteiger partial charge in [0.2, 0.25) is 0 Å². The lowest BCUT2D eigenvalue weighted by molar-refractivity contribution is -0.171. The molecular formula is C27H32O6. The van der Waals surface area contributed by atoms with Gasteiger partial charge in [0, 0.05) is 5.92 Å². The zero-order valence-corrected chi connectivity index (χ0v) is 20.0. The summed E-state index contributed by atoms with van der Waals surface area (Å²) in [5, 5.41) is 0. The summed E-state index contributed by atoms with van der Waals surface area (Å²) in [6, 6.07) is 16.1. The summed E-state index contributed by atoms with van der Waals surface area (Å²) in [6.45, 7) is 10.4. The van der Waals surface area contributed by atoms with Crippen LogP contribution in [-0.4, -0.2) is 36.2 Å². The summed E-state index contributed by atoms with van der Waals surface area (Å²) in [5.74, 6) is -3.73. The van der Waals surface area contributed by atoms with E-state index in [-0.39, 0.29) is 6.10 Å². The van der Waals surface area contributed by atoms with Crippen molar-refractivity contribution in [1.29, 1.82) is 0 Å². The van der Waals surface area contributed by atoms with E-state index in [0.29, 0.717) is 16.7 Å². The van der Waals surface area contributed by atoms with Crippen molar-refractivity contribution in [2.45, 2.75) is 77.1 Å². The minimum absolute atomic E-state index is 0.360. The highest BCUT2D eigenvalue weighted by Crippen LogP contribution is 2.57. The van der Waals surface area contributed by atoms with Crippen molar-refractivity contribution in [3.8, 4) is 0 Å². The molecule has 0 radical (unpaired) electrons. The van der Waals surface area contributed by atoms with Crippen LogP contribution in [0.5, 0.6) is 0 Å². The Morgan fingerprint density at radius 3 is 1.70 bits per heavy atom. The van der Waals surface area contributed by atoms with Gasteiger partial charge < -0.3 is 14.2 Å². The molecule has 6 nitrogen and oxygen atoms in total. The van der Waals surface area contributed by atoms with E-state index < -0.39 is 47.4 Å². The van der Waals surface area contributed by atoms with Crippen molar-refractivity contribution in [2.75, 3.05) is 0 Å². The van der Waals surface area contributed by atoms with E-state index in [2.05, 4.69) is 0 Å². The largest absolute Gasteiger partial charge is 0.462 e. The quantitative estimate of drug-likeness (QED) is 0.345. The fourth-order valence-electron chi connectivity index (χ4n) is 4.57. The van der Waals surface area contributed by atoms with Crippen LogP contribution in [0.2, 0.25) is 0 Å². The lowest BCUT2D eigenvalue weighted by Gasteiger charge is -2.35. The molecule has 0 aromatic heterocycles. The maximum atomic E-state index is 13.9. The number of esters is 3. The molecule has 3 rings (SSSR count). The van der Waals surface area contributed by atoms with Crippen LogP contribution in [0.4, 0.5) is 0 Å². The minimum Gasteiger partial charge on any atom is -0.462 e. The molecule has 0 amide bonds. The van der Waals surface area contributed by atoms with Gasteiger partial charge in [-0.3, -0.25) is 14.4 Å². The Morgan fingerprint density at radius 1 is 0.697 bits per heavy atom. The Kier molecular flexibility index (Phi) is 7.25. The summed E-state index contributed by atoms with van der Waals surface area (Å²) in [4.78, 5) is 41.2. The molecule has 0 bridgehead atoms. The topological polar surface area (TPSA) is 78.9 Å². The molecule has 1 aliphatic rings. The van der Waals surface area contributed by atoms with Gasteiger partial charge in [0.1, 0.15) is 0 Å². The summed E-state index contributed by atoms with van der Waals surface area (Å²) in [7, 11) is 0. The van der Waals surface area contributed by atoms with Crippen LogP contribution in [-0.2, 0) is 34.0 Å². The molecule has 176 valence electrons. The van der Waals surface area contributed by atoms with Gasteiger partial charge in [0.25, 0.3) is 0 Å². The third-order valence-corrected chi connectivity index (χ3v) is 5.61. The van der Waals surface area contributed by atoms with E-state index in [4.69, 9.17) is 14.2 Å². The minimum atomic E-state index is -1.85. The van der Waals surface area contributed by atoms with Crippen molar-refractivity contribution in [3.63, 3.8) is 0 Å². The standard InChI is InChI=1S/C27H32O6/c1-16(2)31-24(28)22-20-14-10-11-15-21(20)27(25(29)32-17(3)4,26(30)33-18(5)6)23(22)19-12-8-7-9-13-19/h7-18,22-23H,1-6H3/t22-,23-/m1/s1. The summed E-state index contributed by atoms with van der Waals surface area (Å²) < 4.78 is 16.9. The number of fused-ring (bicyclic) bond motifs is 1. The summed E-state index contributed by atoms with van der Waals surface area (Å²) in [5.41, 5.74) is -0.215. The fraction of sp³-hybridized carbons (Fsp3) is 0.444. The van der Waals surface area contributed by atoms with Crippen LogP contribution in [0.1, 0.15) is 70.1 Å². The average molecular weight is 453 g/mol. The van der Waals surface area contributed by atoms with E-state index in [0.717, 1.165) is 0 Å². The van der Waals surface area contributed by atoms with Crippen molar-refractivity contribution >= 4 is 17.9 Å². The number of hydrogen-bond donors (Lipinski definition) is 0. The molecule has 0 aliphatic heterocycles. The van der Waals surface area contributed by atoms with Crippen LogP contribution in [0.25, 0.3) is 0 Å². The second-order valence-corrected chi connectivity index (χ2v) is 9.16. The molecule has 2 aromatic rings. The lowest BCUT2D eigenvalue weighted by atomic mass is 9.69. The number of hydrogen-bond acceptors (Lipinski definition) is 6. The van der Waals surface area contributed by atoms with Crippen LogP contribution in [0.3, 0.4) is 0 Å². The van der Waals surface area contributed by atoms with Crippen LogP contribution < -0.4 is 0 Å². The van der Waals surface area contributed by atoms with E-state index in [9.17, 15) is 14.4 Å². The van der Waals surface area contributed by atoms with Crippen LogP contribution in [0, 0.1) is 0 Å². The Hall–Kier alpha value is -3.15. The zero-order chi connectivity index (χ0) is 24.3. The molecule has 2 aromatic carbocycles. The Bertz CT molecular complexity index is 986. The first-order valence-corrected chi connectivity index (χ1v) is 11.4. The molecule has 0 N–H and O–H groups in total. The highest BCUT2D eigenvalue weighted by atomic mass is 16.6. The first kappa shape index (κ1) is 24.5. The Balaban J connectivity index is 2.37. The van der Waals surface area contributed by atoms with E-state index in [1.165, 1.54) is 0 Å². The molecule has 0 saturated heterocycles. The number of carbonyl (C=O) groups is 3. The van der Waals surface area contributed by atoms with Gasteiger partial charge in [-0.2, -0.15) is 0 Å². The monoisotopic (exact) mass is 452 g/mol. The number of rotatable bonds is 7. The SMILES string of the molecule is CC(C)OC(=O)[C@@H]1c2ccccc2C(C(=O)OC(C)C)(C(=O)OC(C)C)[C@@H]1c1ccccc1. The maximum Gasteiger partial charge on any atom is 0.329 e. The molecule has 0 spiro atoms. The van der Waals surface area contributed by atoms with Crippen molar-refractivity contribution in [1.82, 2.24) is 0 Å². The van der Waals surface area contributed by atoms with Gasteiger partial charge in [-0.15, -0.1) is 0 Å². The van der Waals surface area contributed by atoms with Crippen LogP contribution in [0.15, 0.2) is 54.6 Å². The first-order chi connectivity index (χ1) is 15.6. The molecule has 2 atom stereocenters. The van der Waals surface area contributed by atoms with Crippen molar-refractivity contribution in [2.24, 2.45) is 0 Å². The van der Waals surface area contributed by atoms with Gasteiger partial charge in [0.15, 0.2) is 5.41 Å². The van der Waals surface area contributed by atoms with Crippen molar-refractivity contribution in [3.05, 3.63) is 71.3 Å². The van der Waals surface area contributed by atoms with E-state index >= 15 is 0 Å². The normalized spacial score (nSPS) is 18.8. The molecule has 0 unspecified atom stereocenters. The third kappa shape index (κ3) is 4.52. The second kappa shape index (κ2) is 9.77. The predicted octanol–water partition coefficient (Wildman–Crippen LogP) is 4.66. The Labute approximate surface area is 195 Å². The molecule has 6 heteroatoms. The molecule has 0 heterocycles. The van der Waals surface area contributed by atoms with Gasteiger partial charge in [0.05, 0.1) is 24.2 Å². The van der Waals surface area contributed by atoms with Gasteiger partial charge >= 0.3 is 17.9 Å². The smallest absolute Gasteiger partial charge is 0.329 e. The number of carbonyl (C=O) groups excluding carboxylic acids is 3. The molecular weight excluding hydrogens is 420 g/mol. The molecule has 1 aliphatic carbocycles. The average Bonchev–Trinajstić information content (AvgIpc) is 3.05. The van der Waals surface area contributed by atoms with E-state index in [1.54, 1.807) is 65.8 Å². The van der Waals surface area contributed by atoms with E-state index in [1.807, 2.05) is 30.3 Å². The maximum absolute atomic E-state index is 13.9. The lowest BCUT2D eigenvalue weighted by Crippen LogP contribution is -2.51. The first-order valence-electron chi connectivity index (χ1n) is 11.4. The molecule has 33 heavy (non-hydrogen) atoms. The molecule has 0 fully saturated rings. The summed E-state index contributed by atoms with van der Waals surface area (Å²) >= 11 is 0. The zero-order valence-electron chi connectivity index (χ0n) is 20.0. The van der Waals surface area contributed by atoms with Gasteiger partial charge in [-0.25, -0.2) is 0 Å².